The molecule has 3 nitrogen and oxygen atoms in total. The largest absolute Gasteiger partial charge is 0.489 e. The van der Waals surface area contributed by atoms with Crippen molar-refractivity contribution in [3.05, 3.63) is 52.5 Å². The zero-order valence-electron chi connectivity index (χ0n) is 13.0. The van der Waals surface area contributed by atoms with Crippen LogP contribution in [0.4, 0.5) is 4.39 Å². The van der Waals surface area contributed by atoms with Crippen molar-refractivity contribution in [2.75, 3.05) is 26.2 Å². The molecule has 2 aromatic rings. The van der Waals surface area contributed by atoms with Crippen molar-refractivity contribution in [2.45, 2.75) is 25.1 Å². The van der Waals surface area contributed by atoms with Crippen molar-refractivity contribution in [3.8, 4) is 5.75 Å². The van der Waals surface area contributed by atoms with E-state index < -0.39 is 0 Å². The Hall–Kier alpha value is -1.43. The number of hydrogen-bond acceptors (Lipinski definition) is 4. The number of piperazine rings is 1. The maximum Gasteiger partial charge on any atom is 0.126 e. The van der Waals surface area contributed by atoms with Crippen LogP contribution >= 0.6 is 11.3 Å². The van der Waals surface area contributed by atoms with E-state index in [9.17, 15) is 4.39 Å². The van der Waals surface area contributed by atoms with Crippen LogP contribution in [-0.2, 0) is 6.54 Å². The molecular weight excluding hydrogens is 311 g/mol. The Kier molecular flexibility index (Phi) is 4.33. The molecule has 122 valence electrons. The zero-order valence-corrected chi connectivity index (χ0v) is 13.8. The summed E-state index contributed by atoms with van der Waals surface area (Å²) >= 11 is 1.83. The lowest BCUT2D eigenvalue weighted by Crippen LogP contribution is -2.49. The summed E-state index contributed by atoms with van der Waals surface area (Å²) in [6.07, 6.45) is 1.20. The summed E-state index contributed by atoms with van der Waals surface area (Å²) in [6.45, 7) is 5.31. The summed E-state index contributed by atoms with van der Waals surface area (Å²) in [5.41, 5.74) is 0. The fourth-order valence-electron chi connectivity index (χ4n) is 3.65. The van der Waals surface area contributed by atoms with E-state index in [4.69, 9.17) is 4.74 Å². The molecule has 2 atom stereocenters. The first kappa shape index (κ1) is 15.1. The van der Waals surface area contributed by atoms with Crippen LogP contribution in [0.5, 0.6) is 5.75 Å². The van der Waals surface area contributed by atoms with Crippen LogP contribution < -0.4 is 4.74 Å². The Bertz CT molecular complexity index is 648. The second-order valence-corrected chi connectivity index (χ2v) is 7.43. The quantitative estimate of drug-likeness (QED) is 0.855. The Morgan fingerprint density at radius 3 is 2.96 bits per heavy atom. The number of fused-ring (bicyclic) bond motifs is 1. The summed E-state index contributed by atoms with van der Waals surface area (Å²) in [7, 11) is 0. The average Bonchev–Trinajstić information content (AvgIpc) is 3.16. The van der Waals surface area contributed by atoms with Crippen LogP contribution in [0.15, 0.2) is 41.8 Å². The molecule has 1 aromatic carbocycles. The lowest BCUT2D eigenvalue weighted by molar-refractivity contribution is 0.0985. The summed E-state index contributed by atoms with van der Waals surface area (Å²) in [6, 6.07) is 11.4. The number of hydrogen-bond donors (Lipinski definition) is 0. The molecule has 4 rings (SSSR count). The van der Waals surface area contributed by atoms with Crippen LogP contribution in [0.25, 0.3) is 0 Å². The number of benzene rings is 1. The van der Waals surface area contributed by atoms with E-state index in [1.165, 1.54) is 17.0 Å². The number of halogens is 1. The van der Waals surface area contributed by atoms with Gasteiger partial charge in [0, 0.05) is 56.1 Å². The van der Waals surface area contributed by atoms with Gasteiger partial charge in [0.1, 0.15) is 17.7 Å². The third kappa shape index (κ3) is 3.57. The van der Waals surface area contributed by atoms with Gasteiger partial charge in [-0.05, 0) is 23.6 Å². The molecule has 23 heavy (non-hydrogen) atoms. The van der Waals surface area contributed by atoms with Crippen molar-refractivity contribution in [2.24, 2.45) is 0 Å². The third-order valence-electron chi connectivity index (χ3n) is 4.72. The molecule has 2 fully saturated rings. The second-order valence-electron chi connectivity index (χ2n) is 6.40. The molecule has 0 radical (unpaired) electrons. The third-order valence-corrected chi connectivity index (χ3v) is 5.58. The highest BCUT2D eigenvalue weighted by molar-refractivity contribution is 7.09. The zero-order chi connectivity index (χ0) is 15.6. The Balaban J connectivity index is 1.34. The summed E-state index contributed by atoms with van der Waals surface area (Å²) in [5, 5.41) is 2.14. The molecule has 2 aliphatic rings. The molecule has 1 aromatic heterocycles. The smallest absolute Gasteiger partial charge is 0.126 e. The predicted octanol–water partition coefficient (Wildman–Crippen LogP) is 3.22. The Morgan fingerprint density at radius 1 is 1.17 bits per heavy atom. The topological polar surface area (TPSA) is 15.7 Å². The minimum Gasteiger partial charge on any atom is -0.489 e. The lowest BCUT2D eigenvalue weighted by Gasteiger charge is -2.36. The molecule has 0 aliphatic carbocycles. The van der Waals surface area contributed by atoms with E-state index >= 15 is 0 Å². The van der Waals surface area contributed by atoms with Crippen LogP contribution in [0, 0.1) is 5.82 Å². The van der Waals surface area contributed by atoms with E-state index in [0.717, 1.165) is 39.1 Å². The molecule has 0 saturated carbocycles. The number of rotatable bonds is 4. The van der Waals surface area contributed by atoms with Crippen molar-refractivity contribution in [1.82, 2.24) is 9.80 Å². The summed E-state index contributed by atoms with van der Waals surface area (Å²) in [4.78, 5) is 6.50. The van der Waals surface area contributed by atoms with Gasteiger partial charge < -0.3 is 4.74 Å². The van der Waals surface area contributed by atoms with Crippen LogP contribution in [0.2, 0.25) is 0 Å². The van der Waals surface area contributed by atoms with Gasteiger partial charge in [-0.1, -0.05) is 12.1 Å². The maximum absolute atomic E-state index is 13.3. The molecule has 0 unspecified atom stereocenters. The van der Waals surface area contributed by atoms with E-state index in [1.54, 1.807) is 6.07 Å². The van der Waals surface area contributed by atoms with E-state index in [-0.39, 0.29) is 11.9 Å². The highest BCUT2D eigenvalue weighted by atomic mass is 32.1. The lowest BCUT2D eigenvalue weighted by atomic mass is 10.1. The normalized spacial score (nSPS) is 25.4. The van der Waals surface area contributed by atoms with Gasteiger partial charge in [0.15, 0.2) is 0 Å². The van der Waals surface area contributed by atoms with Gasteiger partial charge in [-0.3, -0.25) is 9.80 Å². The minimum absolute atomic E-state index is 0.170. The van der Waals surface area contributed by atoms with Crippen LogP contribution in [0.1, 0.15) is 11.3 Å². The van der Waals surface area contributed by atoms with Gasteiger partial charge in [-0.2, -0.15) is 0 Å². The van der Waals surface area contributed by atoms with Gasteiger partial charge in [0.25, 0.3) is 0 Å². The molecule has 3 heterocycles. The van der Waals surface area contributed by atoms with Crippen LogP contribution in [0.3, 0.4) is 0 Å². The van der Waals surface area contributed by atoms with Gasteiger partial charge in [-0.15, -0.1) is 11.3 Å². The molecular formula is C18H21FN2OS. The van der Waals surface area contributed by atoms with Crippen molar-refractivity contribution < 1.29 is 9.13 Å². The molecule has 0 N–H and O–H groups in total. The van der Waals surface area contributed by atoms with Gasteiger partial charge in [0.2, 0.25) is 0 Å². The first-order chi connectivity index (χ1) is 11.3. The molecule has 0 bridgehead atoms. The molecule has 2 aliphatic heterocycles. The Labute approximate surface area is 140 Å². The van der Waals surface area contributed by atoms with Crippen molar-refractivity contribution in [3.63, 3.8) is 0 Å². The number of ether oxygens (including phenoxy) is 1. The summed E-state index contributed by atoms with van der Waals surface area (Å²) in [5.74, 6) is 0.408. The molecule has 0 amide bonds. The monoisotopic (exact) mass is 332 g/mol. The first-order valence-corrected chi connectivity index (χ1v) is 9.05. The first-order valence-electron chi connectivity index (χ1n) is 8.17. The number of thiophene rings is 1. The van der Waals surface area contributed by atoms with Crippen molar-refractivity contribution in [1.29, 1.82) is 0 Å². The standard InChI is InChI=1S/C18H21FN2OS/c19-14-3-1-4-16(9-14)22-17-10-15-11-20(6-7-21(15)12-17)13-18-5-2-8-23-18/h1-5,8-9,15,17H,6-7,10-13H2/t15-,17+/m0/s1. The number of nitrogens with zero attached hydrogens (tertiary/aromatic N) is 2. The van der Waals surface area contributed by atoms with Crippen molar-refractivity contribution >= 4 is 11.3 Å². The predicted molar refractivity (Wildman–Crippen MR) is 90.4 cm³/mol. The summed E-state index contributed by atoms with van der Waals surface area (Å²) < 4.78 is 19.3. The Morgan fingerprint density at radius 2 is 2.13 bits per heavy atom. The van der Waals surface area contributed by atoms with Gasteiger partial charge >= 0.3 is 0 Å². The molecule has 5 heteroatoms. The van der Waals surface area contributed by atoms with E-state index in [0.29, 0.717) is 11.8 Å². The van der Waals surface area contributed by atoms with E-state index in [1.807, 2.05) is 17.4 Å². The van der Waals surface area contributed by atoms with Gasteiger partial charge in [-0.25, -0.2) is 4.39 Å². The molecule has 2 saturated heterocycles. The fourth-order valence-corrected chi connectivity index (χ4v) is 4.39. The highest BCUT2D eigenvalue weighted by Crippen LogP contribution is 2.27. The highest BCUT2D eigenvalue weighted by Gasteiger charge is 2.37. The molecule has 0 spiro atoms. The van der Waals surface area contributed by atoms with Gasteiger partial charge in [0.05, 0.1) is 0 Å². The van der Waals surface area contributed by atoms with E-state index in [2.05, 4.69) is 27.3 Å². The van der Waals surface area contributed by atoms with Crippen LogP contribution in [-0.4, -0.2) is 48.1 Å². The fraction of sp³-hybridized carbons (Fsp3) is 0.444. The maximum atomic E-state index is 13.3. The second kappa shape index (κ2) is 6.59. The SMILES string of the molecule is Fc1cccc(O[C@@H]2C[C@H]3CN(Cc4cccs4)CCN3C2)c1. The average molecular weight is 332 g/mol. The minimum atomic E-state index is -0.236.